The van der Waals surface area contributed by atoms with Crippen LogP contribution in [0.4, 0.5) is 5.82 Å². The third kappa shape index (κ3) is 2.52. The van der Waals surface area contributed by atoms with Gasteiger partial charge in [-0.2, -0.15) is 0 Å². The highest BCUT2D eigenvalue weighted by Gasteiger charge is 2.28. The summed E-state index contributed by atoms with van der Waals surface area (Å²) in [5, 5.41) is 3.89. The molecule has 0 aromatic carbocycles. The Morgan fingerprint density at radius 1 is 1.40 bits per heavy atom. The van der Waals surface area contributed by atoms with Gasteiger partial charge in [-0.1, -0.05) is 39.8 Å². The van der Waals surface area contributed by atoms with Crippen LogP contribution in [0.3, 0.4) is 0 Å². The summed E-state index contributed by atoms with van der Waals surface area (Å²) < 4.78 is 5.38. The van der Waals surface area contributed by atoms with E-state index in [4.69, 9.17) is 10.3 Å². The van der Waals surface area contributed by atoms with E-state index in [0.717, 1.165) is 24.2 Å². The average Bonchev–Trinajstić information content (AvgIpc) is 2.48. The van der Waals surface area contributed by atoms with Crippen LogP contribution < -0.4 is 5.73 Å². The minimum Gasteiger partial charge on any atom is -0.381 e. The second-order valence-corrected chi connectivity index (χ2v) is 5.21. The van der Waals surface area contributed by atoms with Gasteiger partial charge < -0.3 is 10.3 Å². The molecule has 0 aliphatic rings. The van der Waals surface area contributed by atoms with E-state index in [1.165, 1.54) is 0 Å². The number of anilines is 1. The second-order valence-electron chi connectivity index (χ2n) is 5.21. The number of nitrogen functional groups attached to an aromatic ring is 1. The molecular weight excluding hydrogens is 188 g/mol. The van der Waals surface area contributed by atoms with E-state index in [9.17, 15) is 0 Å². The van der Waals surface area contributed by atoms with Crippen LogP contribution in [0.25, 0.3) is 0 Å². The maximum absolute atomic E-state index is 5.84. The monoisotopic (exact) mass is 210 g/mol. The second kappa shape index (κ2) is 4.25. The minimum absolute atomic E-state index is 0.0227. The van der Waals surface area contributed by atoms with Crippen molar-refractivity contribution in [3.63, 3.8) is 0 Å². The summed E-state index contributed by atoms with van der Waals surface area (Å²) in [6.07, 6.45) is 1.96. The lowest BCUT2D eigenvalue weighted by Crippen LogP contribution is -2.17. The van der Waals surface area contributed by atoms with Crippen LogP contribution in [0.1, 0.15) is 52.4 Å². The van der Waals surface area contributed by atoms with E-state index >= 15 is 0 Å². The summed E-state index contributed by atoms with van der Waals surface area (Å²) in [6, 6.07) is 0. The van der Waals surface area contributed by atoms with E-state index in [0.29, 0.717) is 11.7 Å². The molecule has 3 heteroatoms. The van der Waals surface area contributed by atoms with Crippen LogP contribution in [-0.4, -0.2) is 5.16 Å². The lowest BCUT2D eigenvalue weighted by molar-refractivity contribution is 0.308. The fourth-order valence-electron chi connectivity index (χ4n) is 1.62. The molecule has 0 aliphatic carbocycles. The molecule has 1 aromatic rings. The topological polar surface area (TPSA) is 52.0 Å². The fraction of sp³-hybridized carbons (Fsp3) is 0.750. The molecule has 0 amide bonds. The molecule has 0 saturated carbocycles. The van der Waals surface area contributed by atoms with Crippen molar-refractivity contribution in [2.75, 3.05) is 5.73 Å². The van der Waals surface area contributed by atoms with Crippen LogP contribution in [0.15, 0.2) is 4.52 Å². The van der Waals surface area contributed by atoms with Crippen molar-refractivity contribution in [1.82, 2.24) is 5.16 Å². The van der Waals surface area contributed by atoms with Gasteiger partial charge in [-0.25, -0.2) is 0 Å². The Balaban J connectivity index is 3.08. The van der Waals surface area contributed by atoms with Gasteiger partial charge in [-0.15, -0.1) is 0 Å². The van der Waals surface area contributed by atoms with Crippen molar-refractivity contribution in [3.8, 4) is 0 Å². The van der Waals surface area contributed by atoms with Crippen molar-refractivity contribution in [2.24, 2.45) is 5.92 Å². The Kier molecular flexibility index (Phi) is 3.42. The number of rotatable bonds is 4. The number of nitrogens with two attached hydrogens (primary N) is 1. The van der Waals surface area contributed by atoms with Gasteiger partial charge in [0, 0.05) is 11.0 Å². The van der Waals surface area contributed by atoms with Gasteiger partial charge in [0.25, 0.3) is 0 Å². The molecule has 2 N–H and O–H groups in total. The summed E-state index contributed by atoms with van der Waals surface area (Å²) in [7, 11) is 0. The molecule has 0 radical (unpaired) electrons. The molecule has 0 fully saturated rings. The van der Waals surface area contributed by atoms with Gasteiger partial charge in [-0.05, 0) is 18.8 Å². The Morgan fingerprint density at radius 3 is 2.47 bits per heavy atom. The molecule has 3 nitrogen and oxygen atoms in total. The van der Waals surface area contributed by atoms with Gasteiger partial charge >= 0.3 is 0 Å². The summed E-state index contributed by atoms with van der Waals surface area (Å²) in [4.78, 5) is 0. The zero-order valence-corrected chi connectivity index (χ0v) is 10.4. The third-order valence-electron chi connectivity index (χ3n) is 2.93. The first kappa shape index (κ1) is 12.1. The molecular formula is C12H22N2O. The van der Waals surface area contributed by atoms with E-state index in [2.05, 4.69) is 39.8 Å². The SMILES string of the molecule is CCC(C)(C)c1onc(N)c1CC(C)C. The summed E-state index contributed by atoms with van der Waals surface area (Å²) in [5.41, 5.74) is 6.95. The van der Waals surface area contributed by atoms with E-state index in [1.807, 2.05) is 0 Å². The first-order chi connectivity index (χ1) is 6.88. The van der Waals surface area contributed by atoms with Gasteiger partial charge in [0.15, 0.2) is 5.82 Å². The molecule has 0 saturated heterocycles. The molecule has 0 aliphatic heterocycles. The molecule has 1 heterocycles. The molecule has 1 rings (SSSR count). The maximum atomic E-state index is 5.84. The number of nitrogens with zero attached hydrogens (tertiary/aromatic N) is 1. The van der Waals surface area contributed by atoms with Gasteiger partial charge in [0.2, 0.25) is 0 Å². The maximum Gasteiger partial charge on any atom is 0.170 e. The summed E-state index contributed by atoms with van der Waals surface area (Å²) in [6.45, 7) is 10.8. The number of aromatic nitrogens is 1. The average molecular weight is 210 g/mol. The van der Waals surface area contributed by atoms with Crippen LogP contribution in [0, 0.1) is 5.92 Å². The normalized spacial score (nSPS) is 12.4. The standard InChI is InChI=1S/C12H22N2O/c1-6-12(4,5)10-9(7-8(2)3)11(13)14-15-10/h8H,6-7H2,1-5H3,(H2,13,14). The van der Waals surface area contributed by atoms with Crippen LogP contribution in [0.2, 0.25) is 0 Å². The van der Waals surface area contributed by atoms with Gasteiger partial charge in [0.1, 0.15) is 5.76 Å². The molecule has 15 heavy (non-hydrogen) atoms. The van der Waals surface area contributed by atoms with Crippen LogP contribution >= 0.6 is 0 Å². The van der Waals surface area contributed by atoms with Crippen LogP contribution in [0.5, 0.6) is 0 Å². The van der Waals surface area contributed by atoms with E-state index in [-0.39, 0.29) is 5.41 Å². The minimum atomic E-state index is 0.0227. The predicted octanol–water partition coefficient (Wildman–Crippen LogP) is 3.14. The lowest BCUT2D eigenvalue weighted by Gasteiger charge is -2.20. The lowest BCUT2D eigenvalue weighted by atomic mass is 9.83. The molecule has 0 spiro atoms. The van der Waals surface area contributed by atoms with Crippen molar-refractivity contribution < 1.29 is 4.52 Å². The molecule has 0 bridgehead atoms. The smallest absolute Gasteiger partial charge is 0.170 e. The Labute approximate surface area is 92.0 Å². The largest absolute Gasteiger partial charge is 0.381 e. The predicted molar refractivity (Wildman–Crippen MR) is 62.8 cm³/mol. The van der Waals surface area contributed by atoms with Crippen molar-refractivity contribution in [3.05, 3.63) is 11.3 Å². The third-order valence-corrected chi connectivity index (χ3v) is 2.93. The van der Waals surface area contributed by atoms with Crippen molar-refractivity contribution >= 4 is 5.82 Å². The molecule has 86 valence electrons. The highest BCUT2D eigenvalue weighted by molar-refractivity contribution is 5.43. The van der Waals surface area contributed by atoms with E-state index in [1.54, 1.807) is 0 Å². The quantitative estimate of drug-likeness (QED) is 0.830. The highest BCUT2D eigenvalue weighted by Crippen LogP contribution is 2.33. The summed E-state index contributed by atoms with van der Waals surface area (Å²) in [5.74, 6) is 2.08. The first-order valence-corrected chi connectivity index (χ1v) is 5.63. The Hall–Kier alpha value is -0.990. The van der Waals surface area contributed by atoms with Crippen molar-refractivity contribution in [2.45, 2.75) is 52.9 Å². The number of hydrogen-bond donors (Lipinski definition) is 1. The zero-order valence-electron chi connectivity index (χ0n) is 10.4. The van der Waals surface area contributed by atoms with E-state index < -0.39 is 0 Å². The molecule has 0 unspecified atom stereocenters. The molecule has 1 aromatic heterocycles. The Bertz CT molecular complexity index is 326. The first-order valence-electron chi connectivity index (χ1n) is 5.63. The van der Waals surface area contributed by atoms with Crippen molar-refractivity contribution in [1.29, 1.82) is 0 Å². The Morgan fingerprint density at radius 2 is 2.00 bits per heavy atom. The number of hydrogen-bond acceptors (Lipinski definition) is 3. The van der Waals surface area contributed by atoms with Gasteiger partial charge in [-0.3, -0.25) is 0 Å². The van der Waals surface area contributed by atoms with Crippen LogP contribution in [-0.2, 0) is 11.8 Å². The highest BCUT2D eigenvalue weighted by atomic mass is 16.5. The fourth-order valence-corrected chi connectivity index (χ4v) is 1.62. The van der Waals surface area contributed by atoms with Gasteiger partial charge in [0.05, 0.1) is 0 Å². The summed E-state index contributed by atoms with van der Waals surface area (Å²) >= 11 is 0. The zero-order chi connectivity index (χ0) is 11.6. The molecule has 0 atom stereocenters.